The molecule has 0 bridgehead atoms. The van der Waals surface area contributed by atoms with E-state index >= 15 is 0 Å². The average Bonchev–Trinajstić information content (AvgIpc) is 3.36. The minimum atomic E-state index is -0.180. The molecule has 1 N–H and O–H groups in total. The van der Waals surface area contributed by atoms with Crippen molar-refractivity contribution in [2.75, 3.05) is 34.5 Å². The second-order valence-corrected chi connectivity index (χ2v) is 9.60. The fourth-order valence-electron chi connectivity index (χ4n) is 4.88. The lowest BCUT2D eigenvalue weighted by molar-refractivity contribution is 0.0952. The number of carbonyl (C=O) groups is 1. The maximum absolute atomic E-state index is 12.7. The summed E-state index contributed by atoms with van der Waals surface area (Å²) in [4.78, 5) is 17.7. The Balaban J connectivity index is 1.29. The van der Waals surface area contributed by atoms with Crippen LogP contribution in [-0.4, -0.2) is 49.9 Å². The predicted molar refractivity (Wildman–Crippen MR) is 162 cm³/mol. The Hall–Kier alpha value is -4.46. The zero-order chi connectivity index (χ0) is 29.0. The van der Waals surface area contributed by atoms with E-state index in [1.165, 1.54) is 21.3 Å². The summed E-state index contributed by atoms with van der Waals surface area (Å²) in [7, 11) is 4.60. The summed E-state index contributed by atoms with van der Waals surface area (Å²) in [6.45, 7) is 5.68. The lowest BCUT2D eigenvalue weighted by Crippen LogP contribution is -2.24. The molecule has 0 saturated heterocycles. The van der Waals surface area contributed by atoms with Gasteiger partial charge in [0.25, 0.3) is 5.91 Å². The van der Waals surface area contributed by atoms with Crippen LogP contribution in [0, 0.1) is 0 Å². The first-order chi connectivity index (χ1) is 20.1. The van der Waals surface area contributed by atoms with Crippen LogP contribution in [0.15, 0.2) is 73.3 Å². The smallest absolute Gasteiger partial charge is 0.251 e. The highest BCUT2D eigenvalue weighted by molar-refractivity contribution is 5.95. The number of carbonyl (C=O) groups excluding carboxylic acids is 1. The van der Waals surface area contributed by atoms with Gasteiger partial charge in [-0.1, -0.05) is 42.8 Å². The number of benzene rings is 3. The molecule has 0 aliphatic heterocycles. The zero-order valence-electron chi connectivity index (χ0n) is 24.2. The molecule has 4 aromatic rings. The molecule has 1 aromatic heterocycles. The van der Waals surface area contributed by atoms with Crippen molar-refractivity contribution < 1.29 is 23.7 Å². The van der Waals surface area contributed by atoms with Crippen molar-refractivity contribution in [1.82, 2.24) is 14.9 Å². The number of unbranched alkanes of at least 4 members (excludes halogenated alkanes) is 2. The highest BCUT2D eigenvalue weighted by Gasteiger charge is 2.17. The van der Waals surface area contributed by atoms with Gasteiger partial charge in [-0.05, 0) is 55.2 Å². The fourth-order valence-corrected chi connectivity index (χ4v) is 4.88. The van der Waals surface area contributed by atoms with Gasteiger partial charge in [0.1, 0.15) is 18.2 Å². The van der Waals surface area contributed by atoms with Crippen molar-refractivity contribution in [3.8, 4) is 23.0 Å². The van der Waals surface area contributed by atoms with Gasteiger partial charge < -0.3 is 28.8 Å². The number of aromatic nitrogens is 2. The largest absolute Gasteiger partial charge is 0.493 e. The monoisotopic (exact) mass is 557 g/mol. The van der Waals surface area contributed by atoms with E-state index in [0.717, 1.165) is 60.3 Å². The maximum atomic E-state index is 12.7. The Morgan fingerprint density at radius 2 is 1.66 bits per heavy atom. The van der Waals surface area contributed by atoms with Crippen LogP contribution in [0.2, 0.25) is 0 Å². The predicted octanol–water partition coefficient (Wildman–Crippen LogP) is 6.01. The van der Waals surface area contributed by atoms with Gasteiger partial charge in [-0.2, -0.15) is 0 Å². The summed E-state index contributed by atoms with van der Waals surface area (Å²) in [5.41, 5.74) is 3.70. The number of methoxy groups -OCH3 is 3. The standard InChI is InChI=1S/C33H39N3O5/c1-5-13-24-14-8-11-17-28(24)41-21-20-36-27-16-10-9-15-26(27)35-31(36)18-7-6-12-19-34-33(37)25-22-29(38-2)32(40-4)30(23-25)39-3/h5,8-11,14-17,22-23H,1,6-7,12-13,18-21H2,2-4H3,(H,34,37). The molecule has 8 nitrogen and oxygen atoms in total. The van der Waals surface area contributed by atoms with Crippen LogP contribution in [0.3, 0.4) is 0 Å². The van der Waals surface area contributed by atoms with Gasteiger partial charge in [-0.3, -0.25) is 4.79 Å². The van der Waals surface area contributed by atoms with Crippen molar-refractivity contribution in [1.29, 1.82) is 0 Å². The van der Waals surface area contributed by atoms with E-state index in [2.05, 4.69) is 28.6 Å². The van der Waals surface area contributed by atoms with Gasteiger partial charge in [0, 0.05) is 18.5 Å². The number of nitrogens with one attached hydrogen (secondary N) is 1. The number of rotatable bonds is 16. The number of hydrogen-bond acceptors (Lipinski definition) is 6. The van der Waals surface area contributed by atoms with Gasteiger partial charge in [0.2, 0.25) is 5.75 Å². The van der Waals surface area contributed by atoms with Gasteiger partial charge in [0.05, 0.1) is 38.9 Å². The number of hydrogen-bond donors (Lipinski definition) is 1. The maximum Gasteiger partial charge on any atom is 0.251 e. The summed E-state index contributed by atoms with van der Waals surface area (Å²) < 4.78 is 24.5. The number of nitrogens with zero attached hydrogens (tertiary/aromatic N) is 2. The molecule has 41 heavy (non-hydrogen) atoms. The first kappa shape index (κ1) is 29.5. The van der Waals surface area contributed by atoms with E-state index in [9.17, 15) is 4.79 Å². The summed E-state index contributed by atoms with van der Waals surface area (Å²) in [6.07, 6.45) is 6.31. The Kier molecular flexibility index (Phi) is 10.7. The van der Waals surface area contributed by atoms with E-state index in [0.29, 0.717) is 42.5 Å². The molecule has 0 radical (unpaired) electrons. The summed E-state index contributed by atoms with van der Waals surface area (Å²) >= 11 is 0. The Bertz CT molecular complexity index is 1440. The molecule has 0 fully saturated rings. The lowest BCUT2D eigenvalue weighted by atomic mass is 10.1. The Morgan fingerprint density at radius 1 is 0.927 bits per heavy atom. The van der Waals surface area contributed by atoms with Gasteiger partial charge in [0.15, 0.2) is 11.5 Å². The van der Waals surface area contributed by atoms with Crippen LogP contribution in [-0.2, 0) is 19.4 Å². The van der Waals surface area contributed by atoms with E-state index in [1.54, 1.807) is 12.1 Å². The summed E-state index contributed by atoms with van der Waals surface area (Å²) in [5.74, 6) is 3.13. The van der Waals surface area contributed by atoms with E-state index in [-0.39, 0.29) is 5.91 Å². The molecule has 0 atom stereocenters. The molecular formula is C33H39N3O5. The molecule has 1 heterocycles. The summed E-state index contributed by atoms with van der Waals surface area (Å²) in [6, 6.07) is 19.6. The SMILES string of the molecule is C=CCc1ccccc1OCCn1c(CCCCCNC(=O)c2cc(OC)c(OC)c(OC)c2)nc2ccccc21. The normalized spacial score (nSPS) is 10.8. The molecule has 0 spiro atoms. The quantitative estimate of drug-likeness (QED) is 0.134. The van der Waals surface area contributed by atoms with E-state index in [4.69, 9.17) is 23.9 Å². The number of aryl methyl sites for hydroxylation is 1. The minimum Gasteiger partial charge on any atom is -0.493 e. The first-order valence-corrected chi connectivity index (χ1v) is 13.9. The number of ether oxygens (including phenoxy) is 4. The molecule has 0 aliphatic carbocycles. The minimum absolute atomic E-state index is 0.180. The van der Waals surface area contributed by atoms with Crippen molar-refractivity contribution in [3.63, 3.8) is 0 Å². The molecule has 0 unspecified atom stereocenters. The zero-order valence-corrected chi connectivity index (χ0v) is 24.2. The van der Waals surface area contributed by atoms with Crippen molar-refractivity contribution in [2.45, 2.75) is 38.6 Å². The Morgan fingerprint density at radius 3 is 2.39 bits per heavy atom. The van der Waals surface area contributed by atoms with Crippen LogP contribution >= 0.6 is 0 Å². The molecule has 1 amide bonds. The van der Waals surface area contributed by atoms with Crippen molar-refractivity contribution in [3.05, 3.63) is 90.3 Å². The number of amides is 1. The second-order valence-electron chi connectivity index (χ2n) is 9.60. The van der Waals surface area contributed by atoms with E-state index < -0.39 is 0 Å². The third-order valence-electron chi connectivity index (χ3n) is 6.93. The molecule has 0 aliphatic rings. The van der Waals surface area contributed by atoms with Crippen molar-refractivity contribution in [2.24, 2.45) is 0 Å². The lowest BCUT2D eigenvalue weighted by Gasteiger charge is -2.14. The van der Waals surface area contributed by atoms with Crippen LogP contribution in [0.25, 0.3) is 11.0 Å². The highest BCUT2D eigenvalue weighted by atomic mass is 16.5. The third-order valence-corrected chi connectivity index (χ3v) is 6.93. The van der Waals surface area contributed by atoms with Crippen LogP contribution in [0.1, 0.15) is 41.0 Å². The molecule has 4 rings (SSSR count). The summed E-state index contributed by atoms with van der Waals surface area (Å²) in [5, 5.41) is 2.99. The van der Waals surface area contributed by atoms with Crippen LogP contribution in [0.5, 0.6) is 23.0 Å². The fraction of sp³-hybridized carbons (Fsp3) is 0.333. The first-order valence-electron chi connectivity index (χ1n) is 13.9. The second kappa shape index (κ2) is 14.8. The molecule has 0 saturated carbocycles. The van der Waals surface area contributed by atoms with Crippen molar-refractivity contribution >= 4 is 16.9 Å². The van der Waals surface area contributed by atoms with Crippen LogP contribution < -0.4 is 24.3 Å². The highest BCUT2D eigenvalue weighted by Crippen LogP contribution is 2.38. The van der Waals surface area contributed by atoms with Gasteiger partial charge in [-0.25, -0.2) is 4.98 Å². The molecule has 8 heteroatoms. The number of fused-ring (bicyclic) bond motifs is 1. The average molecular weight is 558 g/mol. The van der Waals surface area contributed by atoms with Gasteiger partial charge >= 0.3 is 0 Å². The van der Waals surface area contributed by atoms with E-state index in [1.807, 2.05) is 42.5 Å². The Labute approximate surface area is 241 Å². The number of allylic oxidation sites excluding steroid dienone is 1. The van der Waals surface area contributed by atoms with Crippen LogP contribution in [0.4, 0.5) is 0 Å². The third kappa shape index (κ3) is 7.39. The molecule has 216 valence electrons. The number of para-hydroxylation sites is 3. The molecule has 3 aromatic carbocycles. The van der Waals surface area contributed by atoms with Gasteiger partial charge in [-0.15, -0.1) is 6.58 Å². The number of imidazole rings is 1. The molecular weight excluding hydrogens is 518 g/mol. The topological polar surface area (TPSA) is 83.8 Å².